The van der Waals surface area contributed by atoms with Gasteiger partial charge in [-0.3, -0.25) is 19.7 Å². The summed E-state index contributed by atoms with van der Waals surface area (Å²) >= 11 is 6.26. The van der Waals surface area contributed by atoms with Crippen LogP contribution < -0.4 is 15.8 Å². The smallest absolute Gasteiger partial charge is 0.324 e. The van der Waals surface area contributed by atoms with Crippen LogP contribution in [-0.4, -0.2) is 45.5 Å². The molecule has 3 aliphatic rings. The number of amides is 3. The second kappa shape index (κ2) is 8.51. The Kier molecular flexibility index (Phi) is 5.58. The Morgan fingerprint density at radius 1 is 1.03 bits per heavy atom. The van der Waals surface area contributed by atoms with E-state index in [-0.39, 0.29) is 18.5 Å². The van der Waals surface area contributed by atoms with Crippen molar-refractivity contribution in [2.45, 2.75) is 57.5 Å². The Labute approximate surface area is 186 Å². The molecule has 2 fully saturated rings. The summed E-state index contributed by atoms with van der Waals surface area (Å²) in [6.07, 6.45) is 9.42. The maximum absolute atomic E-state index is 13.3. The van der Waals surface area contributed by atoms with Gasteiger partial charge in [0.05, 0.1) is 23.6 Å². The Bertz CT molecular complexity index is 994. The molecule has 1 aromatic heterocycles. The predicted molar refractivity (Wildman–Crippen MR) is 118 cm³/mol. The van der Waals surface area contributed by atoms with E-state index >= 15 is 0 Å². The number of nitrogens with zero attached hydrogens (tertiary/aromatic N) is 4. The average Bonchev–Trinajstić information content (AvgIpc) is 3.47. The second-order valence-corrected chi connectivity index (χ2v) is 8.98. The zero-order valence-electron chi connectivity index (χ0n) is 17.4. The third-order valence-corrected chi connectivity index (χ3v) is 6.71. The van der Waals surface area contributed by atoms with Crippen LogP contribution in [0.25, 0.3) is 5.69 Å². The van der Waals surface area contributed by atoms with Gasteiger partial charge >= 0.3 is 6.03 Å². The van der Waals surface area contributed by atoms with Crippen molar-refractivity contribution in [1.82, 2.24) is 25.3 Å². The fourth-order valence-corrected chi connectivity index (χ4v) is 4.96. The van der Waals surface area contributed by atoms with Crippen molar-refractivity contribution in [3.05, 3.63) is 40.9 Å². The number of carbonyl (C=O) groups excluding carboxylic acids is 2. The number of aromatic nitrogens is 2. The lowest BCUT2D eigenvalue weighted by Gasteiger charge is -2.33. The molecule has 1 saturated heterocycles. The van der Waals surface area contributed by atoms with Crippen LogP contribution in [0.3, 0.4) is 0 Å². The first kappa shape index (κ1) is 20.3. The summed E-state index contributed by atoms with van der Waals surface area (Å²) in [5.41, 5.74) is 8.57. The molecule has 8 nitrogen and oxygen atoms in total. The van der Waals surface area contributed by atoms with Crippen molar-refractivity contribution >= 4 is 29.2 Å². The third-order valence-electron chi connectivity index (χ3n) is 6.48. The van der Waals surface area contributed by atoms with Crippen molar-refractivity contribution in [3.63, 3.8) is 0 Å². The number of imidazole rings is 1. The first-order valence-electron chi connectivity index (χ1n) is 11.1. The van der Waals surface area contributed by atoms with Crippen molar-refractivity contribution in [2.75, 3.05) is 18.0 Å². The van der Waals surface area contributed by atoms with Crippen LogP contribution in [0, 0.1) is 0 Å². The largest absolute Gasteiger partial charge is 0.324 e. The maximum atomic E-state index is 13.3. The number of carbonyl (C=O) groups is 2. The van der Waals surface area contributed by atoms with Gasteiger partial charge in [0, 0.05) is 24.2 Å². The number of fused-ring (bicyclic) bond motifs is 3. The highest BCUT2D eigenvalue weighted by Gasteiger charge is 2.34. The lowest BCUT2D eigenvalue weighted by Crippen LogP contribution is -2.46. The van der Waals surface area contributed by atoms with Crippen molar-refractivity contribution in [3.8, 4) is 5.69 Å². The first-order chi connectivity index (χ1) is 15.1. The number of nitrogens with one attached hydrogen (secondary N) is 2. The maximum Gasteiger partial charge on any atom is 0.324 e. The molecule has 1 aliphatic carbocycles. The highest BCUT2D eigenvalue weighted by atomic mass is 35.5. The molecule has 0 atom stereocenters. The molecule has 0 bridgehead atoms. The second-order valence-electron chi connectivity index (χ2n) is 8.54. The Balaban J connectivity index is 1.43. The zero-order valence-corrected chi connectivity index (χ0v) is 18.2. The Morgan fingerprint density at radius 2 is 1.81 bits per heavy atom. The fourth-order valence-electron chi connectivity index (χ4n) is 4.80. The topological polar surface area (TPSA) is 82.5 Å². The van der Waals surface area contributed by atoms with E-state index in [9.17, 15) is 9.59 Å². The quantitative estimate of drug-likeness (QED) is 0.711. The Hall–Kier alpha value is -2.58. The van der Waals surface area contributed by atoms with E-state index in [0.29, 0.717) is 22.5 Å². The zero-order chi connectivity index (χ0) is 21.4. The first-order valence-corrected chi connectivity index (χ1v) is 11.5. The van der Waals surface area contributed by atoms with Crippen LogP contribution in [0.5, 0.6) is 0 Å². The van der Waals surface area contributed by atoms with Gasteiger partial charge in [0.1, 0.15) is 6.33 Å². The van der Waals surface area contributed by atoms with Gasteiger partial charge in [-0.15, -0.1) is 0 Å². The van der Waals surface area contributed by atoms with E-state index < -0.39 is 0 Å². The summed E-state index contributed by atoms with van der Waals surface area (Å²) in [6, 6.07) is 5.71. The van der Waals surface area contributed by atoms with E-state index in [1.807, 2.05) is 15.5 Å². The van der Waals surface area contributed by atoms with E-state index in [2.05, 4.69) is 15.8 Å². The predicted octanol–water partition coefficient (Wildman–Crippen LogP) is 3.63. The summed E-state index contributed by atoms with van der Waals surface area (Å²) in [4.78, 5) is 34.2. The van der Waals surface area contributed by atoms with Crippen molar-refractivity contribution in [1.29, 1.82) is 0 Å². The van der Waals surface area contributed by atoms with Gasteiger partial charge in [0.2, 0.25) is 0 Å². The third kappa shape index (κ3) is 3.90. The van der Waals surface area contributed by atoms with Gasteiger partial charge in [0.25, 0.3) is 5.91 Å². The summed E-state index contributed by atoms with van der Waals surface area (Å²) in [7, 11) is 0. The molecule has 3 amide bonds. The molecule has 3 heterocycles. The summed E-state index contributed by atoms with van der Waals surface area (Å²) in [5.74, 6) is -0.273. The SMILES string of the molecule is O=C(NNC1CCCCC1)c1ncn2c1CN(C(=O)N1CCCC1)c1cc(Cl)ccc1-2. The average molecular weight is 443 g/mol. The minimum atomic E-state index is -0.273. The van der Waals surface area contributed by atoms with Gasteiger partial charge in [-0.05, 0) is 43.9 Å². The van der Waals surface area contributed by atoms with Gasteiger partial charge in [-0.2, -0.15) is 0 Å². The summed E-state index contributed by atoms with van der Waals surface area (Å²) in [5, 5.41) is 0.566. The molecule has 0 spiro atoms. The number of hydrogen-bond donors (Lipinski definition) is 2. The molecule has 9 heteroatoms. The molecule has 0 radical (unpaired) electrons. The highest BCUT2D eigenvalue weighted by molar-refractivity contribution is 6.31. The molecule has 0 unspecified atom stereocenters. The Morgan fingerprint density at radius 3 is 2.58 bits per heavy atom. The summed E-state index contributed by atoms with van der Waals surface area (Å²) in [6.45, 7) is 1.78. The number of rotatable bonds is 3. The van der Waals surface area contributed by atoms with Crippen molar-refractivity contribution < 1.29 is 9.59 Å². The van der Waals surface area contributed by atoms with Crippen LogP contribution in [0.4, 0.5) is 10.5 Å². The molecule has 2 aromatic rings. The van der Waals surface area contributed by atoms with E-state index in [1.165, 1.54) is 19.3 Å². The molecular formula is C22H27ClN6O2. The molecule has 1 aromatic carbocycles. The van der Waals surface area contributed by atoms with Gasteiger partial charge in [-0.1, -0.05) is 30.9 Å². The van der Waals surface area contributed by atoms with E-state index in [1.54, 1.807) is 23.4 Å². The molecule has 1 saturated carbocycles. The van der Waals surface area contributed by atoms with Crippen LogP contribution in [0.15, 0.2) is 24.5 Å². The molecule has 164 valence electrons. The minimum Gasteiger partial charge on any atom is -0.324 e. The number of anilines is 1. The van der Waals surface area contributed by atoms with Crippen molar-refractivity contribution in [2.24, 2.45) is 0 Å². The fraction of sp³-hybridized carbons (Fsp3) is 0.500. The number of hydrogen-bond acceptors (Lipinski definition) is 4. The lowest BCUT2D eigenvalue weighted by atomic mass is 9.96. The van der Waals surface area contributed by atoms with Crippen LogP contribution in [0.1, 0.15) is 61.1 Å². The van der Waals surface area contributed by atoms with E-state index in [4.69, 9.17) is 11.6 Å². The number of benzene rings is 1. The van der Waals surface area contributed by atoms with E-state index in [0.717, 1.165) is 50.1 Å². The molecule has 2 N–H and O–H groups in total. The monoisotopic (exact) mass is 442 g/mol. The standard InChI is InChI=1S/C22H27ClN6O2/c23-15-8-9-17-18(12-15)28(22(31)27-10-4-5-11-27)13-19-20(24-14-29(17)19)21(30)26-25-16-6-2-1-3-7-16/h8-9,12,14,16,25H,1-7,10-11,13H2,(H,26,30). The summed E-state index contributed by atoms with van der Waals surface area (Å²) < 4.78 is 1.88. The highest BCUT2D eigenvalue weighted by Crippen LogP contribution is 2.36. The number of halogens is 1. The number of urea groups is 1. The molecular weight excluding hydrogens is 416 g/mol. The van der Waals surface area contributed by atoms with Gasteiger partial charge in [0.15, 0.2) is 5.69 Å². The minimum absolute atomic E-state index is 0.0554. The molecule has 2 aliphatic heterocycles. The van der Waals surface area contributed by atoms with Crippen LogP contribution >= 0.6 is 11.6 Å². The van der Waals surface area contributed by atoms with Crippen LogP contribution in [-0.2, 0) is 6.54 Å². The molecule has 31 heavy (non-hydrogen) atoms. The lowest BCUT2D eigenvalue weighted by molar-refractivity contribution is 0.0914. The molecule has 5 rings (SSSR count). The van der Waals surface area contributed by atoms with Crippen LogP contribution in [0.2, 0.25) is 5.02 Å². The number of hydrazine groups is 1. The van der Waals surface area contributed by atoms with Gasteiger partial charge < -0.3 is 4.90 Å². The van der Waals surface area contributed by atoms with Gasteiger partial charge in [-0.25, -0.2) is 15.2 Å². The number of likely N-dealkylation sites (tertiary alicyclic amines) is 1. The normalized spacial score (nSPS) is 18.6.